The predicted molar refractivity (Wildman–Crippen MR) is 250 cm³/mol. The van der Waals surface area contributed by atoms with Gasteiger partial charge in [0.1, 0.15) is 11.6 Å². The molecule has 0 unspecified atom stereocenters. The smallest absolute Gasteiger partial charge is 0.148 e. The molecular formula is C56H48N3OPt-. The summed E-state index contributed by atoms with van der Waals surface area (Å²) in [4.78, 5) is 10.3. The number of hydrogen-bond donors (Lipinski definition) is 1. The zero-order valence-electron chi connectivity index (χ0n) is 37.2. The van der Waals surface area contributed by atoms with Gasteiger partial charge in [-0.25, -0.2) is 4.98 Å². The van der Waals surface area contributed by atoms with E-state index in [4.69, 9.17) is 12.7 Å². The molecule has 0 aliphatic rings. The van der Waals surface area contributed by atoms with Crippen molar-refractivity contribution in [3.8, 4) is 78.6 Å². The molecule has 304 valence electrons. The van der Waals surface area contributed by atoms with Crippen LogP contribution in [0.25, 0.3) is 83.9 Å². The summed E-state index contributed by atoms with van der Waals surface area (Å²) in [5.41, 5.74) is 16.3. The standard InChI is InChI=1S/C56H48N3O.Pt/c1-35(2)39-20-22-42(23-21-39)43-24-25-57-52(34-43)48-30-45(40-14-9-7-10-15-40)29-47(31-48)50-18-13-19-53-54(50)58-56(51-27-37(5)26-38(6)55(51)60)59(53)49-32-44(36(3)4)28-46(33-49)41-16-11-8-12-17-41;/h7-30,32-36,60H,1-6H3;/q-1;/i35D,36D;. The average Bonchev–Trinajstić information content (AvgIpc) is 3.67. The molecule has 0 aliphatic carbocycles. The summed E-state index contributed by atoms with van der Waals surface area (Å²) < 4.78 is 19.8. The minimum absolute atomic E-state index is 0. The van der Waals surface area contributed by atoms with Gasteiger partial charge in [0.25, 0.3) is 0 Å². The van der Waals surface area contributed by atoms with E-state index in [1.54, 1.807) is 0 Å². The summed E-state index contributed by atoms with van der Waals surface area (Å²) >= 11 is 0. The second-order valence-electron chi connectivity index (χ2n) is 16.1. The molecule has 1 N–H and O–H groups in total. The topological polar surface area (TPSA) is 50.9 Å². The van der Waals surface area contributed by atoms with Crippen LogP contribution < -0.4 is 0 Å². The number of nitrogens with zero attached hydrogens (tertiary/aromatic N) is 3. The van der Waals surface area contributed by atoms with Crippen LogP contribution in [-0.2, 0) is 21.1 Å². The van der Waals surface area contributed by atoms with E-state index in [9.17, 15) is 5.11 Å². The number of aromatic nitrogens is 3. The van der Waals surface area contributed by atoms with Crippen LogP contribution in [0.4, 0.5) is 0 Å². The van der Waals surface area contributed by atoms with E-state index < -0.39 is 11.8 Å². The third-order valence-electron chi connectivity index (χ3n) is 11.3. The Labute approximate surface area is 376 Å². The van der Waals surface area contributed by atoms with E-state index in [0.29, 0.717) is 11.4 Å². The van der Waals surface area contributed by atoms with Gasteiger partial charge in [0.2, 0.25) is 0 Å². The summed E-state index contributed by atoms with van der Waals surface area (Å²) in [5.74, 6) is -0.791. The Hall–Kier alpha value is -6.35. The summed E-state index contributed by atoms with van der Waals surface area (Å²) in [5, 5.41) is 11.7. The maximum Gasteiger partial charge on any atom is 0.148 e. The van der Waals surface area contributed by atoms with Gasteiger partial charge in [-0.05, 0) is 106 Å². The molecule has 9 rings (SSSR count). The largest absolute Gasteiger partial charge is 0.507 e. The fourth-order valence-corrected chi connectivity index (χ4v) is 8.12. The SMILES string of the molecule is [2H]C(C)(C)c1ccc(-c2ccnc(-c3[c-]c(-c4cccc5c4nc(-c4cc(C)cc(C)c4O)n5-c4cc(-c5ccccc5)cc(C([2H])(C)C)c4)cc(-c4ccccc4)c3)c2)cc1.[Pt]. The van der Waals surface area contributed by atoms with Crippen LogP contribution in [0.2, 0.25) is 0 Å². The van der Waals surface area contributed by atoms with E-state index in [0.717, 1.165) is 94.7 Å². The molecule has 0 radical (unpaired) electrons. The van der Waals surface area contributed by atoms with Crippen molar-refractivity contribution in [2.45, 2.75) is 53.3 Å². The van der Waals surface area contributed by atoms with Gasteiger partial charge in [-0.2, -0.15) is 0 Å². The number of benzene rings is 7. The molecule has 61 heavy (non-hydrogen) atoms. The van der Waals surface area contributed by atoms with Crippen molar-refractivity contribution in [3.63, 3.8) is 0 Å². The van der Waals surface area contributed by atoms with E-state index in [2.05, 4.69) is 102 Å². The first kappa shape index (κ1) is 38.8. The predicted octanol–water partition coefficient (Wildman–Crippen LogP) is 14.8. The zero-order valence-corrected chi connectivity index (χ0v) is 37.5. The molecule has 7 aromatic carbocycles. The molecular weight excluding hydrogens is 926 g/mol. The van der Waals surface area contributed by atoms with Gasteiger partial charge >= 0.3 is 0 Å². The van der Waals surface area contributed by atoms with Crippen molar-refractivity contribution in [1.82, 2.24) is 14.5 Å². The number of aromatic hydroxyl groups is 1. The number of para-hydroxylation sites is 1. The van der Waals surface area contributed by atoms with Crippen LogP contribution in [0, 0.1) is 19.9 Å². The zero-order chi connectivity index (χ0) is 43.3. The molecule has 0 aliphatic heterocycles. The Morgan fingerprint density at radius 2 is 1.21 bits per heavy atom. The third-order valence-corrected chi connectivity index (χ3v) is 11.3. The van der Waals surface area contributed by atoms with Crippen molar-refractivity contribution in [1.29, 1.82) is 0 Å². The van der Waals surface area contributed by atoms with Crippen LogP contribution in [0.15, 0.2) is 164 Å². The molecule has 0 atom stereocenters. The molecule has 5 heteroatoms. The Morgan fingerprint density at radius 3 is 1.89 bits per heavy atom. The molecule has 0 saturated heterocycles. The van der Waals surface area contributed by atoms with Crippen LogP contribution in [0.3, 0.4) is 0 Å². The van der Waals surface area contributed by atoms with Gasteiger partial charge in [0.05, 0.1) is 16.6 Å². The van der Waals surface area contributed by atoms with Crippen molar-refractivity contribution < 1.29 is 28.9 Å². The van der Waals surface area contributed by atoms with Crippen LogP contribution in [0.1, 0.15) is 64.5 Å². The van der Waals surface area contributed by atoms with Gasteiger partial charge in [0.15, 0.2) is 0 Å². The number of hydrogen-bond acceptors (Lipinski definition) is 3. The van der Waals surface area contributed by atoms with Crippen LogP contribution in [0.5, 0.6) is 5.75 Å². The molecule has 4 nitrogen and oxygen atoms in total. The van der Waals surface area contributed by atoms with Crippen molar-refractivity contribution in [3.05, 3.63) is 192 Å². The first-order valence-corrected chi connectivity index (χ1v) is 20.5. The summed E-state index contributed by atoms with van der Waals surface area (Å²) in [6, 6.07) is 57.6. The van der Waals surface area contributed by atoms with E-state index in [1.807, 2.05) is 114 Å². The molecule has 0 fully saturated rings. The van der Waals surface area contributed by atoms with E-state index >= 15 is 0 Å². The van der Waals surface area contributed by atoms with E-state index in [1.165, 1.54) is 0 Å². The Balaban J connectivity index is 0.00000544. The van der Waals surface area contributed by atoms with Crippen molar-refractivity contribution >= 4 is 11.0 Å². The Morgan fingerprint density at radius 1 is 0.574 bits per heavy atom. The summed E-state index contributed by atoms with van der Waals surface area (Å²) in [7, 11) is 0. The van der Waals surface area contributed by atoms with Gasteiger partial charge in [-0.3, -0.25) is 9.55 Å². The molecule has 0 saturated carbocycles. The number of pyridine rings is 1. The molecule has 2 aromatic heterocycles. The van der Waals surface area contributed by atoms with E-state index in [-0.39, 0.29) is 26.8 Å². The maximum atomic E-state index is 11.7. The van der Waals surface area contributed by atoms with Gasteiger partial charge in [-0.15, -0.1) is 23.8 Å². The monoisotopic (exact) mass is 975 g/mol. The molecule has 0 spiro atoms. The molecule has 0 amide bonds. The van der Waals surface area contributed by atoms with Gasteiger partial charge in [0, 0.05) is 41.4 Å². The number of fused-ring (bicyclic) bond motifs is 1. The minimum atomic E-state index is -0.889. The average molecular weight is 976 g/mol. The molecule has 2 heterocycles. The fraction of sp³-hybridized carbons (Fsp3) is 0.143. The van der Waals surface area contributed by atoms with Gasteiger partial charge < -0.3 is 5.11 Å². The van der Waals surface area contributed by atoms with Crippen molar-refractivity contribution in [2.75, 3.05) is 0 Å². The number of imidazole rings is 1. The fourth-order valence-electron chi connectivity index (χ4n) is 8.12. The van der Waals surface area contributed by atoms with Crippen molar-refractivity contribution in [2.24, 2.45) is 0 Å². The summed E-state index contributed by atoms with van der Waals surface area (Å²) in [6.07, 6.45) is 1.84. The second kappa shape index (κ2) is 17.3. The normalized spacial score (nSPS) is 12.2. The summed E-state index contributed by atoms with van der Waals surface area (Å²) in [6.45, 7) is 11.6. The van der Waals surface area contributed by atoms with Crippen LogP contribution in [-0.4, -0.2) is 19.6 Å². The number of phenolic OH excluding ortho intramolecular Hbond substituents is 1. The van der Waals surface area contributed by atoms with Crippen LogP contribution >= 0.6 is 0 Å². The number of phenols is 1. The van der Waals surface area contributed by atoms with Gasteiger partial charge in [-0.1, -0.05) is 160 Å². The number of aryl methyl sites for hydroxylation is 2. The Kier molecular flexibility index (Phi) is 11.0. The Bertz CT molecular complexity index is 3110. The third kappa shape index (κ3) is 8.26. The first-order valence-electron chi connectivity index (χ1n) is 21.5. The second-order valence-corrected chi connectivity index (χ2v) is 16.1. The molecule has 0 bridgehead atoms. The quantitative estimate of drug-likeness (QED) is 0.147. The molecule has 9 aromatic rings. The first-order chi connectivity index (χ1) is 29.7. The number of rotatable bonds is 9. The maximum absolute atomic E-state index is 11.7. The minimum Gasteiger partial charge on any atom is -0.507 e.